The van der Waals surface area contributed by atoms with Gasteiger partial charge in [0.15, 0.2) is 5.82 Å². The van der Waals surface area contributed by atoms with Crippen molar-refractivity contribution in [2.75, 3.05) is 11.1 Å². The molecule has 0 saturated heterocycles. The Labute approximate surface area is 115 Å². The fourth-order valence-electron chi connectivity index (χ4n) is 1.66. The van der Waals surface area contributed by atoms with E-state index >= 15 is 0 Å². The van der Waals surface area contributed by atoms with Crippen molar-refractivity contribution >= 4 is 28.9 Å². The van der Waals surface area contributed by atoms with Gasteiger partial charge in [-0.05, 0) is 18.6 Å². The van der Waals surface area contributed by atoms with E-state index in [4.69, 9.17) is 17.3 Å². The van der Waals surface area contributed by atoms with Crippen LogP contribution in [0, 0.1) is 5.82 Å². The summed E-state index contributed by atoms with van der Waals surface area (Å²) >= 11 is 5.72. The highest BCUT2D eigenvalue weighted by Gasteiger charge is 2.08. The van der Waals surface area contributed by atoms with Crippen molar-refractivity contribution < 1.29 is 4.39 Å². The summed E-state index contributed by atoms with van der Waals surface area (Å²) in [6, 6.07) is 6.28. The predicted molar refractivity (Wildman–Crippen MR) is 75.1 cm³/mol. The second-order valence-electron chi connectivity index (χ2n) is 4.07. The number of hydrogen-bond donors (Lipinski definition) is 2. The van der Waals surface area contributed by atoms with Gasteiger partial charge in [0.1, 0.15) is 17.5 Å². The van der Waals surface area contributed by atoms with Gasteiger partial charge in [0.25, 0.3) is 0 Å². The molecule has 0 aliphatic carbocycles. The first-order valence-corrected chi connectivity index (χ1v) is 6.32. The van der Waals surface area contributed by atoms with Crippen molar-refractivity contribution in [1.82, 2.24) is 9.97 Å². The third-order valence-electron chi connectivity index (χ3n) is 2.48. The molecule has 0 aliphatic rings. The Balaban J connectivity index is 2.30. The van der Waals surface area contributed by atoms with Crippen molar-refractivity contribution in [2.45, 2.75) is 19.8 Å². The Morgan fingerprint density at radius 1 is 1.37 bits per heavy atom. The van der Waals surface area contributed by atoms with Crippen LogP contribution in [0.25, 0.3) is 0 Å². The molecule has 1 aromatic heterocycles. The molecule has 0 spiro atoms. The van der Waals surface area contributed by atoms with Gasteiger partial charge >= 0.3 is 0 Å². The normalized spacial score (nSPS) is 10.5. The lowest BCUT2D eigenvalue weighted by Crippen LogP contribution is -2.04. The molecular formula is C13H14ClFN4. The molecule has 4 nitrogen and oxygen atoms in total. The molecule has 0 amide bonds. The highest BCUT2D eigenvalue weighted by Crippen LogP contribution is 2.25. The number of benzene rings is 1. The van der Waals surface area contributed by atoms with Crippen LogP contribution in [0.2, 0.25) is 5.02 Å². The van der Waals surface area contributed by atoms with Crippen molar-refractivity contribution in [1.29, 1.82) is 0 Å². The number of nitrogen functional groups attached to an aromatic ring is 1. The summed E-state index contributed by atoms with van der Waals surface area (Å²) in [6.07, 6.45) is 1.63. The molecule has 0 saturated carbocycles. The first-order valence-electron chi connectivity index (χ1n) is 5.94. The lowest BCUT2D eigenvalue weighted by atomic mass is 10.3. The van der Waals surface area contributed by atoms with Crippen LogP contribution in [0.3, 0.4) is 0 Å². The minimum Gasteiger partial charge on any atom is -0.384 e. The number of aryl methyl sites for hydroxylation is 1. The highest BCUT2D eigenvalue weighted by molar-refractivity contribution is 6.31. The average molecular weight is 281 g/mol. The fourth-order valence-corrected chi connectivity index (χ4v) is 1.83. The summed E-state index contributed by atoms with van der Waals surface area (Å²) in [6.45, 7) is 2.02. The summed E-state index contributed by atoms with van der Waals surface area (Å²) in [5.41, 5.74) is 5.96. The maximum absolute atomic E-state index is 13.8. The molecule has 6 heteroatoms. The summed E-state index contributed by atoms with van der Waals surface area (Å²) in [4.78, 5) is 8.39. The smallest absolute Gasteiger partial charge is 0.165 e. The minimum atomic E-state index is -0.515. The van der Waals surface area contributed by atoms with Crippen LogP contribution in [0.15, 0.2) is 24.3 Å². The molecule has 0 bridgehead atoms. The molecule has 1 heterocycles. The topological polar surface area (TPSA) is 63.8 Å². The van der Waals surface area contributed by atoms with Crippen molar-refractivity contribution in [3.05, 3.63) is 40.9 Å². The average Bonchev–Trinajstić information content (AvgIpc) is 2.35. The van der Waals surface area contributed by atoms with Crippen LogP contribution in [0.5, 0.6) is 0 Å². The number of rotatable bonds is 4. The largest absolute Gasteiger partial charge is 0.384 e. The monoisotopic (exact) mass is 280 g/mol. The number of hydrogen-bond acceptors (Lipinski definition) is 4. The molecule has 100 valence electrons. The number of nitrogens with zero attached hydrogens (tertiary/aromatic N) is 2. The quantitative estimate of drug-likeness (QED) is 0.899. The second kappa shape index (κ2) is 5.84. The SMILES string of the molecule is CCCc1nc(N)cc(Nc2cccc(Cl)c2F)n1. The molecule has 2 rings (SSSR count). The van der Waals surface area contributed by atoms with Gasteiger partial charge in [-0.25, -0.2) is 14.4 Å². The molecule has 0 unspecified atom stereocenters. The van der Waals surface area contributed by atoms with Crippen molar-refractivity contribution in [3.8, 4) is 0 Å². The summed E-state index contributed by atoms with van der Waals surface area (Å²) in [5, 5.41) is 2.92. The van der Waals surface area contributed by atoms with Gasteiger partial charge < -0.3 is 11.1 Å². The Morgan fingerprint density at radius 2 is 2.16 bits per heavy atom. The number of aromatic nitrogens is 2. The second-order valence-corrected chi connectivity index (χ2v) is 4.48. The zero-order chi connectivity index (χ0) is 13.8. The van der Waals surface area contributed by atoms with Gasteiger partial charge in [-0.3, -0.25) is 0 Å². The van der Waals surface area contributed by atoms with E-state index in [1.807, 2.05) is 6.92 Å². The summed E-state index contributed by atoms with van der Waals surface area (Å²) < 4.78 is 13.8. The van der Waals surface area contributed by atoms with E-state index in [2.05, 4.69) is 15.3 Å². The number of nitrogens with two attached hydrogens (primary N) is 1. The van der Waals surface area contributed by atoms with Gasteiger partial charge in [-0.15, -0.1) is 0 Å². The standard InChI is InChI=1S/C13H14ClFN4/c1-2-4-11-18-10(16)7-12(19-11)17-9-6-3-5-8(14)13(9)15/h3,5-7H,2,4H2,1H3,(H3,16,17,18,19). The lowest BCUT2D eigenvalue weighted by Gasteiger charge is -2.09. The number of halogens is 2. The number of nitrogens with one attached hydrogen (secondary N) is 1. The van der Waals surface area contributed by atoms with Crippen LogP contribution in [-0.2, 0) is 6.42 Å². The molecule has 0 aliphatic heterocycles. The zero-order valence-corrected chi connectivity index (χ0v) is 11.2. The van der Waals surface area contributed by atoms with E-state index < -0.39 is 5.82 Å². The van der Waals surface area contributed by atoms with E-state index in [1.165, 1.54) is 6.07 Å². The third kappa shape index (κ3) is 3.32. The maximum Gasteiger partial charge on any atom is 0.165 e. The Kier molecular flexibility index (Phi) is 4.16. The molecule has 19 heavy (non-hydrogen) atoms. The van der Waals surface area contributed by atoms with Crippen LogP contribution in [0.4, 0.5) is 21.7 Å². The van der Waals surface area contributed by atoms with E-state index in [0.29, 0.717) is 17.5 Å². The molecular weight excluding hydrogens is 267 g/mol. The third-order valence-corrected chi connectivity index (χ3v) is 2.77. The molecule has 0 fully saturated rings. The molecule has 2 aromatic rings. The van der Waals surface area contributed by atoms with Crippen molar-refractivity contribution in [2.24, 2.45) is 0 Å². The fraction of sp³-hybridized carbons (Fsp3) is 0.231. The molecule has 3 N–H and O–H groups in total. The molecule has 0 radical (unpaired) electrons. The summed E-state index contributed by atoms with van der Waals surface area (Å²) in [5.74, 6) is 0.923. The van der Waals surface area contributed by atoms with Crippen molar-refractivity contribution in [3.63, 3.8) is 0 Å². The molecule has 1 aromatic carbocycles. The predicted octanol–water partition coefficient (Wildman–Crippen LogP) is 3.55. The van der Waals surface area contributed by atoms with Crippen LogP contribution in [-0.4, -0.2) is 9.97 Å². The molecule has 0 atom stereocenters. The van der Waals surface area contributed by atoms with E-state index in [0.717, 1.165) is 12.8 Å². The van der Waals surface area contributed by atoms with E-state index in [1.54, 1.807) is 18.2 Å². The van der Waals surface area contributed by atoms with Gasteiger partial charge in [0.05, 0.1) is 10.7 Å². The van der Waals surface area contributed by atoms with Gasteiger partial charge in [0, 0.05) is 12.5 Å². The van der Waals surface area contributed by atoms with Gasteiger partial charge in [0.2, 0.25) is 0 Å². The van der Waals surface area contributed by atoms with E-state index in [-0.39, 0.29) is 10.7 Å². The van der Waals surface area contributed by atoms with Crippen LogP contribution < -0.4 is 11.1 Å². The Morgan fingerprint density at radius 3 is 2.89 bits per heavy atom. The first kappa shape index (κ1) is 13.5. The number of anilines is 3. The van der Waals surface area contributed by atoms with Gasteiger partial charge in [-0.2, -0.15) is 0 Å². The Bertz CT molecular complexity index is 589. The first-order chi connectivity index (χ1) is 9.10. The highest BCUT2D eigenvalue weighted by atomic mass is 35.5. The summed E-state index contributed by atoms with van der Waals surface area (Å²) in [7, 11) is 0. The minimum absolute atomic E-state index is 0.0563. The van der Waals surface area contributed by atoms with Crippen LogP contribution in [0.1, 0.15) is 19.2 Å². The zero-order valence-electron chi connectivity index (χ0n) is 10.5. The lowest BCUT2D eigenvalue weighted by molar-refractivity contribution is 0.632. The van der Waals surface area contributed by atoms with Crippen LogP contribution >= 0.6 is 11.6 Å². The Hall–Kier alpha value is -1.88. The maximum atomic E-state index is 13.8. The van der Waals surface area contributed by atoms with Gasteiger partial charge in [-0.1, -0.05) is 24.6 Å². The van der Waals surface area contributed by atoms with E-state index in [9.17, 15) is 4.39 Å².